The average molecular weight is 388 g/mol. The molecule has 1 aromatic heterocycles. The van der Waals surface area contributed by atoms with Gasteiger partial charge in [-0.2, -0.15) is 13.2 Å². The maximum absolute atomic E-state index is 12.6. The Labute approximate surface area is 151 Å². The quantitative estimate of drug-likeness (QED) is 0.611. The van der Waals surface area contributed by atoms with Crippen LogP contribution in [0.2, 0.25) is 5.02 Å². The van der Waals surface area contributed by atoms with Gasteiger partial charge in [0.25, 0.3) is 0 Å². The number of carbonyl (C=O) groups is 1. The highest BCUT2D eigenvalue weighted by Gasteiger charge is 2.31. The summed E-state index contributed by atoms with van der Waals surface area (Å²) in [5, 5.41) is 9.81. The number of carbonyl (C=O) groups excluding carboxylic acids is 1. The second kappa shape index (κ2) is 7.76. The Hall–Kier alpha value is -2.58. The molecule has 1 heterocycles. The maximum atomic E-state index is 12.6. The molecular weight excluding hydrogens is 375 g/mol. The summed E-state index contributed by atoms with van der Waals surface area (Å²) >= 11 is 5.79. The van der Waals surface area contributed by atoms with Crippen LogP contribution in [0.4, 0.5) is 13.2 Å². The molecule has 0 fully saturated rings. The fourth-order valence-corrected chi connectivity index (χ4v) is 2.16. The maximum Gasteiger partial charge on any atom is 0.417 e. The van der Waals surface area contributed by atoms with Crippen LogP contribution in [0.5, 0.6) is 11.6 Å². The summed E-state index contributed by atoms with van der Waals surface area (Å²) in [6.07, 6.45) is -5.33. The van der Waals surface area contributed by atoms with E-state index >= 15 is 0 Å². The first-order valence-electron chi connectivity index (χ1n) is 7.09. The molecule has 1 aromatic carbocycles. The van der Waals surface area contributed by atoms with Crippen molar-refractivity contribution in [1.29, 1.82) is 0 Å². The zero-order valence-electron chi connectivity index (χ0n) is 13.4. The van der Waals surface area contributed by atoms with Gasteiger partial charge in [0.05, 0.1) is 18.2 Å². The molecule has 0 spiro atoms. The SMILES string of the molecule is C=C(C(=O)OC)C(O)c1cccc(Oc2ncc(C(F)(F)F)cc2Cl)c1. The predicted molar refractivity (Wildman–Crippen MR) is 86.9 cm³/mol. The lowest BCUT2D eigenvalue weighted by Gasteiger charge is -2.14. The number of aliphatic hydroxyl groups excluding tert-OH is 1. The van der Waals surface area contributed by atoms with Crippen molar-refractivity contribution in [2.45, 2.75) is 12.3 Å². The van der Waals surface area contributed by atoms with Crippen LogP contribution in [0.3, 0.4) is 0 Å². The largest absolute Gasteiger partial charge is 0.466 e. The number of alkyl halides is 3. The average Bonchev–Trinajstić information content (AvgIpc) is 2.60. The highest BCUT2D eigenvalue weighted by molar-refractivity contribution is 6.31. The van der Waals surface area contributed by atoms with E-state index < -0.39 is 23.8 Å². The van der Waals surface area contributed by atoms with Crippen molar-refractivity contribution in [3.05, 3.63) is 64.8 Å². The number of benzene rings is 1. The van der Waals surface area contributed by atoms with Crippen LogP contribution in [0.1, 0.15) is 17.2 Å². The van der Waals surface area contributed by atoms with Gasteiger partial charge in [-0.05, 0) is 23.8 Å². The fourth-order valence-electron chi connectivity index (χ4n) is 1.96. The molecule has 0 saturated carbocycles. The van der Waals surface area contributed by atoms with Crippen LogP contribution >= 0.6 is 11.6 Å². The van der Waals surface area contributed by atoms with Crippen molar-refractivity contribution in [3.8, 4) is 11.6 Å². The van der Waals surface area contributed by atoms with Crippen molar-refractivity contribution >= 4 is 17.6 Å². The number of hydrogen-bond acceptors (Lipinski definition) is 5. The van der Waals surface area contributed by atoms with Gasteiger partial charge in [-0.25, -0.2) is 9.78 Å². The summed E-state index contributed by atoms with van der Waals surface area (Å²) < 4.78 is 47.7. The first kappa shape index (κ1) is 19.7. The second-order valence-corrected chi connectivity index (χ2v) is 5.51. The third-order valence-corrected chi connectivity index (χ3v) is 3.57. The summed E-state index contributed by atoms with van der Waals surface area (Å²) in [7, 11) is 1.15. The molecule has 0 aliphatic heterocycles. The van der Waals surface area contributed by atoms with Crippen LogP contribution < -0.4 is 4.74 Å². The standard InChI is InChI=1S/C17H13ClF3NO4/c1-9(16(24)25-2)14(23)10-4-3-5-12(6-10)26-15-13(18)7-11(8-22-15)17(19,20)21/h3-8,14,23H,1H2,2H3. The Bertz CT molecular complexity index is 839. The molecule has 5 nitrogen and oxygen atoms in total. The Kier molecular flexibility index (Phi) is 5.89. The normalized spacial score (nSPS) is 12.4. The molecule has 2 rings (SSSR count). The van der Waals surface area contributed by atoms with Crippen LogP contribution in [-0.2, 0) is 15.7 Å². The molecule has 0 saturated heterocycles. The van der Waals surface area contributed by atoms with E-state index in [2.05, 4.69) is 16.3 Å². The number of halogens is 4. The van der Waals surface area contributed by atoms with E-state index in [1.54, 1.807) is 0 Å². The van der Waals surface area contributed by atoms with Crippen LogP contribution in [-0.4, -0.2) is 23.2 Å². The van der Waals surface area contributed by atoms with Crippen molar-refractivity contribution in [3.63, 3.8) is 0 Å². The van der Waals surface area contributed by atoms with Crippen molar-refractivity contribution in [2.24, 2.45) is 0 Å². The fraction of sp³-hybridized carbons (Fsp3) is 0.176. The number of rotatable bonds is 5. The number of aromatic nitrogens is 1. The summed E-state index contributed by atoms with van der Waals surface area (Å²) in [6.45, 7) is 3.46. The third-order valence-electron chi connectivity index (χ3n) is 3.30. The van der Waals surface area contributed by atoms with Crippen molar-refractivity contribution in [1.82, 2.24) is 4.98 Å². The number of esters is 1. The first-order chi connectivity index (χ1) is 12.1. The molecule has 0 aliphatic rings. The van der Waals surface area contributed by atoms with E-state index in [1.807, 2.05) is 0 Å². The number of ether oxygens (including phenoxy) is 2. The molecule has 26 heavy (non-hydrogen) atoms. The Morgan fingerprint density at radius 3 is 2.62 bits per heavy atom. The van der Waals surface area contributed by atoms with Gasteiger partial charge < -0.3 is 14.6 Å². The highest BCUT2D eigenvalue weighted by atomic mass is 35.5. The Balaban J connectivity index is 2.24. The molecular formula is C17H13ClF3NO4. The van der Waals surface area contributed by atoms with Gasteiger partial charge in [0.2, 0.25) is 5.88 Å². The predicted octanol–water partition coefficient (Wildman–Crippen LogP) is 4.31. The third kappa shape index (κ3) is 4.53. The summed E-state index contributed by atoms with van der Waals surface area (Å²) in [5.41, 5.74) is -0.926. The van der Waals surface area contributed by atoms with E-state index in [-0.39, 0.29) is 27.8 Å². The lowest BCUT2D eigenvalue weighted by atomic mass is 10.0. The summed E-state index contributed by atoms with van der Waals surface area (Å²) in [6, 6.07) is 6.56. The summed E-state index contributed by atoms with van der Waals surface area (Å²) in [5.74, 6) is -0.872. The van der Waals surface area contributed by atoms with E-state index in [4.69, 9.17) is 16.3 Å². The molecule has 0 amide bonds. The lowest BCUT2D eigenvalue weighted by molar-refractivity contribution is -0.138. The van der Waals surface area contributed by atoms with E-state index in [0.29, 0.717) is 12.3 Å². The molecule has 9 heteroatoms. The van der Waals surface area contributed by atoms with Crippen LogP contribution in [0.25, 0.3) is 0 Å². The molecule has 0 aliphatic carbocycles. The zero-order valence-corrected chi connectivity index (χ0v) is 14.1. The van der Waals surface area contributed by atoms with Gasteiger partial charge in [0.1, 0.15) is 16.9 Å². The number of pyridine rings is 1. The van der Waals surface area contributed by atoms with E-state index in [1.165, 1.54) is 24.3 Å². The van der Waals surface area contributed by atoms with Gasteiger partial charge in [0, 0.05) is 6.20 Å². The van der Waals surface area contributed by atoms with Crippen molar-refractivity contribution < 1.29 is 32.5 Å². The van der Waals surface area contributed by atoms with Crippen LogP contribution in [0.15, 0.2) is 48.7 Å². The van der Waals surface area contributed by atoms with Gasteiger partial charge in [0.15, 0.2) is 0 Å². The molecule has 1 N–H and O–H groups in total. The van der Waals surface area contributed by atoms with E-state index in [0.717, 1.165) is 7.11 Å². The van der Waals surface area contributed by atoms with Gasteiger partial charge in [-0.1, -0.05) is 30.3 Å². The minimum absolute atomic E-state index is 0.147. The Morgan fingerprint density at radius 1 is 1.35 bits per heavy atom. The topological polar surface area (TPSA) is 68.7 Å². The molecule has 138 valence electrons. The number of nitrogens with zero attached hydrogens (tertiary/aromatic N) is 1. The molecule has 1 atom stereocenters. The summed E-state index contributed by atoms with van der Waals surface area (Å²) in [4.78, 5) is 15.0. The zero-order chi connectivity index (χ0) is 19.5. The number of methoxy groups -OCH3 is 1. The van der Waals surface area contributed by atoms with Gasteiger partial charge in [-0.15, -0.1) is 0 Å². The highest BCUT2D eigenvalue weighted by Crippen LogP contribution is 2.35. The van der Waals surface area contributed by atoms with Gasteiger partial charge in [-0.3, -0.25) is 0 Å². The lowest BCUT2D eigenvalue weighted by Crippen LogP contribution is -2.12. The number of hydrogen-bond donors (Lipinski definition) is 1. The monoisotopic (exact) mass is 387 g/mol. The first-order valence-corrected chi connectivity index (χ1v) is 7.47. The molecule has 0 bridgehead atoms. The minimum Gasteiger partial charge on any atom is -0.466 e. The number of aliphatic hydroxyl groups is 1. The minimum atomic E-state index is -4.58. The molecule has 2 aromatic rings. The molecule has 0 radical (unpaired) electrons. The van der Waals surface area contributed by atoms with Gasteiger partial charge >= 0.3 is 12.1 Å². The molecule has 1 unspecified atom stereocenters. The van der Waals surface area contributed by atoms with E-state index in [9.17, 15) is 23.1 Å². The van der Waals surface area contributed by atoms with Crippen LogP contribution in [0, 0.1) is 0 Å². The second-order valence-electron chi connectivity index (χ2n) is 5.10. The smallest absolute Gasteiger partial charge is 0.417 e. The Morgan fingerprint density at radius 2 is 2.04 bits per heavy atom. The van der Waals surface area contributed by atoms with Crippen molar-refractivity contribution in [2.75, 3.05) is 7.11 Å².